The molecule has 2 N–H and O–H groups in total. The van der Waals surface area contributed by atoms with E-state index in [-0.39, 0.29) is 11.8 Å². The standard InChI is InChI=1S/C15H19BrN2O2/c1-4-17-15(20)11(3)18-14(19)8-7-12-6-5-10(2)9-13(12)16/h5-9,11H,4H2,1-3H3,(H,17,20)(H,18,19)/b8-7+/t11-/m1/s1. The van der Waals surface area contributed by atoms with Gasteiger partial charge in [-0.3, -0.25) is 9.59 Å². The predicted molar refractivity (Wildman–Crippen MR) is 84.2 cm³/mol. The second-order valence-electron chi connectivity index (χ2n) is 4.48. The highest BCUT2D eigenvalue weighted by Crippen LogP contribution is 2.19. The Bertz CT molecular complexity index is 527. The van der Waals surface area contributed by atoms with E-state index >= 15 is 0 Å². The fourth-order valence-corrected chi connectivity index (χ4v) is 2.21. The van der Waals surface area contributed by atoms with E-state index in [0.29, 0.717) is 6.54 Å². The van der Waals surface area contributed by atoms with Gasteiger partial charge >= 0.3 is 0 Å². The van der Waals surface area contributed by atoms with Crippen LogP contribution in [0.2, 0.25) is 0 Å². The van der Waals surface area contributed by atoms with Crippen molar-refractivity contribution in [1.29, 1.82) is 0 Å². The summed E-state index contributed by atoms with van der Waals surface area (Å²) in [6, 6.07) is 5.33. The molecule has 0 aliphatic carbocycles. The smallest absolute Gasteiger partial charge is 0.244 e. The molecule has 0 radical (unpaired) electrons. The van der Waals surface area contributed by atoms with Crippen LogP contribution in [-0.4, -0.2) is 24.4 Å². The lowest BCUT2D eigenvalue weighted by Gasteiger charge is -2.11. The Morgan fingerprint density at radius 1 is 1.40 bits per heavy atom. The molecule has 5 heteroatoms. The third-order valence-electron chi connectivity index (χ3n) is 2.67. The number of carbonyl (C=O) groups excluding carboxylic acids is 2. The second-order valence-corrected chi connectivity index (χ2v) is 5.34. The topological polar surface area (TPSA) is 58.2 Å². The van der Waals surface area contributed by atoms with E-state index in [0.717, 1.165) is 15.6 Å². The molecule has 1 rings (SSSR count). The predicted octanol–water partition coefficient (Wildman–Crippen LogP) is 2.41. The Balaban J connectivity index is 2.61. The van der Waals surface area contributed by atoms with E-state index < -0.39 is 6.04 Å². The first-order chi connectivity index (χ1) is 9.43. The van der Waals surface area contributed by atoms with Gasteiger partial charge in [-0.15, -0.1) is 0 Å². The van der Waals surface area contributed by atoms with Crippen molar-refractivity contribution < 1.29 is 9.59 Å². The number of rotatable bonds is 5. The van der Waals surface area contributed by atoms with Gasteiger partial charge in [0, 0.05) is 17.1 Å². The molecule has 108 valence electrons. The van der Waals surface area contributed by atoms with Crippen LogP contribution in [0.25, 0.3) is 6.08 Å². The van der Waals surface area contributed by atoms with E-state index in [2.05, 4.69) is 26.6 Å². The lowest BCUT2D eigenvalue weighted by Crippen LogP contribution is -2.44. The molecule has 1 aromatic rings. The van der Waals surface area contributed by atoms with Crippen LogP contribution >= 0.6 is 15.9 Å². The zero-order valence-electron chi connectivity index (χ0n) is 11.9. The summed E-state index contributed by atoms with van der Waals surface area (Å²) in [7, 11) is 0. The lowest BCUT2D eigenvalue weighted by molar-refractivity contribution is -0.126. The number of likely N-dealkylation sites (N-methyl/N-ethyl adjacent to an activating group) is 1. The first-order valence-electron chi connectivity index (χ1n) is 6.46. The molecule has 0 heterocycles. The molecule has 0 saturated carbocycles. The molecule has 0 bridgehead atoms. The van der Waals surface area contributed by atoms with Crippen molar-refractivity contribution in [1.82, 2.24) is 10.6 Å². The second kappa shape index (κ2) is 7.85. The minimum absolute atomic E-state index is 0.189. The summed E-state index contributed by atoms with van der Waals surface area (Å²) in [5.41, 5.74) is 2.06. The number of carbonyl (C=O) groups is 2. The summed E-state index contributed by atoms with van der Waals surface area (Å²) in [6.45, 7) is 6.03. The molecule has 0 spiro atoms. The minimum atomic E-state index is -0.548. The van der Waals surface area contributed by atoms with Gasteiger partial charge in [0.05, 0.1) is 0 Å². The third kappa shape index (κ3) is 5.17. The zero-order valence-corrected chi connectivity index (χ0v) is 13.5. The van der Waals surface area contributed by atoms with Gasteiger partial charge in [0.1, 0.15) is 6.04 Å². The highest BCUT2D eigenvalue weighted by Gasteiger charge is 2.12. The average Bonchev–Trinajstić information content (AvgIpc) is 2.37. The molecule has 0 fully saturated rings. The number of benzene rings is 1. The molecule has 0 unspecified atom stereocenters. The van der Waals surface area contributed by atoms with Crippen molar-refractivity contribution in [3.8, 4) is 0 Å². The number of aryl methyl sites for hydroxylation is 1. The SMILES string of the molecule is CCNC(=O)[C@@H](C)NC(=O)/C=C/c1ccc(C)cc1Br. The molecule has 0 aliphatic rings. The number of hydrogen-bond donors (Lipinski definition) is 2. The van der Waals surface area contributed by atoms with Crippen LogP contribution in [0.1, 0.15) is 25.0 Å². The van der Waals surface area contributed by atoms with Gasteiger partial charge in [-0.05, 0) is 44.0 Å². The summed E-state index contributed by atoms with van der Waals surface area (Å²) in [6.07, 6.45) is 3.13. The van der Waals surface area contributed by atoms with Gasteiger partial charge < -0.3 is 10.6 Å². The van der Waals surface area contributed by atoms with Gasteiger partial charge in [0.2, 0.25) is 11.8 Å². The van der Waals surface area contributed by atoms with Crippen LogP contribution in [-0.2, 0) is 9.59 Å². The minimum Gasteiger partial charge on any atom is -0.355 e. The van der Waals surface area contributed by atoms with Gasteiger partial charge in [0.15, 0.2) is 0 Å². The van der Waals surface area contributed by atoms with E-state index in [1.54, 1.807) is 13.0 Å². The number of hydrogen-bond acceptors (Lipinski definition) is 2. The Morgan fingerprint density at radius 2 is 2.10 bits per heavy atom. The number of halogens is 1. The highest BCUT2D eigenvalue weighted by molar-refractivity contribution is 9.10. The molecule has 0 aliphatic heterocycles. The Labute approximate surface area is 127 Å². The summed E-state index contributed by atoms with van der Waals surface area (Å²) < 4.78 is 0.929. The largest absolute Gasteiger partial charge is 0.355 e. The van der Waals surface area contributed by atoms with E-state index in [1.807, 2.05) is 32.0 Å². The number of nitrogens with one attached hydrogen (secondary N) is 2. The quantitative estimate of drug-likeness (QED) is 0.810. The molecule has 4 nitrogen and oxygen atoms in total. The lowest BCUT2D eigenvalue weighted by atomic mass is 10.1. The van der Waals surface area contributed by atoms with Crippen molar-refractivity contribution in [3.63, 3.8) is 0 Å². The average molecular weight is 339 g/mol. The van der Waals surface area contributed by atoms with E-state index in [4.69, 9.17) is 0 Å². The highest BCUT2D eigenvalue weighted by atomic mass is 79.9. The van der Waals surface area contributed by atoms with Crippen LogP contribution in [0, 0.1) is 6.92 Å². The van der Waals surface area contributed by atoms with Crippen LogP contribution in [0.5, 0.6) is 0 Å². The summed E-state index contributed by atoms with van der Waals surface area (Å²) in [5.74, 6) is -0.484. The van der Waals surface area contributed by atoms with Crippen molar-refractivity contribution in [2.75, 3.05) is 6.54 Å². The normalized spacial score (nSPS) is 12.2. The Hall–Kier alpha value is -1.62. The maximum atomic E-state index is 11.7. The number of amides is 2. The van der Waals surface area contributed by atoms with Gasteiger partial charge in [-0.2, -0.15) is 0 Å². The molecule has 1 aromatic carbocycles. The van der Waals surface area contributed by atoms with Gasteiger partial charge in [-0.1, -0.05) is 28.1 Å². The first kappa shape index (κ1) is 16.4. The fraction of sp³-hybridized carbons (Fsp3) is 0.333. The van der Waals surface area contributed by atoms with E-state index in [9.17, 15) is 9.59 Å². The van der Waals surface area contributed by atoms with E-state index in [1.165, 1.54) is 6.08 Å². The van der Waals surface area contributed by atoms with Crippen LogP contribution < -0.4 is 10.6 Å². The molecular weight excluding hydrogens is 320 g/mol. The van der Waals surface area contributed by atoms with Crippen LogP contribution in [0.3, 0.4) is 0 Å². The zero-order chi connectivity index (χ0) is 15.1. The molecule has 1 atom stereocenters. The maximum absolute atomic E-state index is 11.7. The Morgan fingerprint density at radius 3 is 2.70 bits per heavy atom. The van der Waals surface area contributed by atoms with Crippen LogP contribution in [0.15, 0.2) is 28.7 Å². The summed E-state index contributed by atoms with van der Waals surface area (Å²) in [4.78, 5) is 23.2. The third-order valence-corrected chi connectivity index (χ3v) is 3.36. The summed E-state index contributed by atoms with van der Waals surface area (Å²) >= 11 is 3.44. The molecule has 0 saturated heterocycles. The van der Waals surface area contributed by atoms with Crippen molar-refractivity contribution in [2.45, 2.75) is 26.8 Å². The van der Waals surface area contributed by atoms with Crippen molar-refractivity contribution in [3.05, 3.63) is 39.9 Å². The monoisotopic (exact) mass is 338 g/mol. The van der Waals surface area contributed by atoms with Crippen molar-refractivity contribution in [2.24, 2.45) is 0 Å². The molecular formula is C15H19BrN2O2. The molecule has 0 aromatic heterocycles. The molecule has 20 heavy (non-hydrogen) atoms. The first-order valence-corrected chi connectivity index (χ1v) is 7.25. The summed E-state index contributed by atoms with van der Waals surface area (Å²) in [5, 5.41) is 5.27. The maximum Gasteiger partial charge on any atom is 0.244 e. The van der Waals surface area contributed by atoms with Crippen molar-refractivity contribution >= 4 is 33.8 Å². The van der Waals surface area contributed by atoms with Gasteiger partial charge in [0.25, 0.3) is 0 Å². The van der Waals surface area contributed by atoms with Gasteiger partial charge in [-0.25, -0.2) is 0 Å². The van der Waals surface area contributed by atoms with Crippen LogP contribution in [0.4, 0.5) is 0 Å². The Kier molecular flexibility index (Phi) is 6.45. The fourth-order valence-electron chi connectivity index (χ4n) is 1.59. The molecule has 2 amide bonds.